The van der Waals surface area contributed by atoms with Crippen LogP contribution in [0.25, 0.3) is 0 Å². The smallest absolute Gasteiger partial charge is 0.248 e. The molecule has 2 N–H and O–H groups in total. The lowest BCUT2D eigenvalue weighted by atomic mass is 10.1. The van der Waals surface area contributed by atoms with Gasteiger partial charge in [-0.2, -0.15) is 4.89 Å². The molecular formula is C8H7NO3. The fourth-order valence-electron chi connectivity index (χ4n) is 1.06. The number of hydrogen-bond donors (Lipinski definition) is 1. The van der Waals surface area contributed by atoms with Crippen LogP contribution in [-0.2, 0) is 11.5 Å². The maximum absolute atomic E-state index is 10.7. The van der Waals surface area contributed by atoms with Crippen LogP contribution in [0.2, 0.25) is 0 Å². The Hall–Kier alpha value is -1.55. The summed E-state index contributed by atoms with van der Waals surface area (Å²) < 4.78 is 0. The van der Waals surface area contributed by atoms with E-state index in [4.69, 9.17) is 15.5 Å². The number of rotatable bonds is 1. The van der Waals surface area contributed by atoms with Crippen molar-refractivity contribution in [2.75, 3.05) is 0 Å². The second kappa shape index (κ2) is 2.49. The van der Waals surface area contributed by atoms with Crippen molar-refractivity contribution in [1.29, 1.82) is 0 Å². The van der Waals surface area contributed by atoms with E-state index in [1.165, 1.54) is 0 Å². The lowest BCUT2D eigenvalue weighted by Crippen LogP contribution is -2.10. The molecular weight excluding hydrogens is 158 g/mol. The normalized spacial score (nSPS) is 13.7. The Balaban J connectivity index is 2.45. The van der Waals surface area contributed by atoms with Crippen molar-refractivity contribution >= 4 is 5.91 Å². The lowest BCUT2D eigenvalue weighted by Gasteiger charge is -1.96. The zero-order valence-electron chi connectivity index (χ0n) is 6.24. The largest absolute Gasteiger partial charge is 0.366 e. The first-order valence-corrected chi connectivity index (χ1v) is 3.49. The SMILES string of the molecule is NC(=O)c1ccc2c(c1)OOC2. The molecule has 4 nitrogen and oxygen atoms in total. The summed E-state index contributed by atoms with van der Waals surface area (Å²) in [7, 11) is 0. The number of hydrogen-bond acceptors (Lipinski definition) is 3. The van der Waals surface area contributed by atoms with Crippen LogP contribution >= 0.6 is 0 Å². The van der Waals surface area contributed by atoms with Gasteiger partial charge >= 0.3 is 0 Å². The summed E-state index contributed by atoms with van der Waals surface area (Å²) in [5.74, 6) is 0.111. The number of fused-ring (bicyclic) bond motifs is 1. The van der Waals surface area contributed by atoms with Gasteiger partial charge in [0.15, 0.2) is 5.75 Å². The van der Waals surface area contributed by atoms with Gasteiger partial charge in [0, 0.05) is 11.1 Å². The van der Waals surface area contributed by atoms with E-state index < -0.39 is 5.91 Å². The molecule has 1 aliphatic rings. The van der Waals surface area contributed by atoms with Crippen LogP contribution in [0.4, 0.5) is 0 Å². The van der Waals surface area contributed by atoms with Gasteiger partial charge in [-0.25, -0.2) is 0 Å². The van der Waals surface area contributed by atoms with E-state index in [0.29, 0.717) is 17.9 Å². The number of amides is 1. The van der Waals surface area contributed by atoms with Gasteiger partial charge in [0.2, 0.25) is 5.91 Å². The highest BCUT2D eigenvalue weighted by Gasteiger charge is 2.14. The van der Waals surface area contributed by atoms with Crippen LogP contribution in [0.5, 0.6) is 5.75 Å². The van der Waals surface area contributed by atoms with E-state index in [-0.39, 0.29) is 0 Å². The summed E-state index contributed by atoms with van der Waals surface area (Å²) in [5, 5.41) is 0. The second-order valence-corrected chi connectivity index (χ2v) is 2.53. The number of carbonyl (C=O) groups is 1. The van der Waals surface area contributed by atoms with Gasteiger partial charge in [-0.15, -0.1) is 0 Å². The lowest BCUT2D eigenvalue weighted by molar-refractivity contribution is -0.194. The number of nitrogens with two attached hydrogens (primary N) is 1. The molecule has 1 heterocycles. The topological polar surface area (TPSA) is 61.6 Å². The first-order chi connectivity index (χ1) is 5.77. The average molecular weight is 165 g/mol. The standard InChI is InChI=1S/C8H7NO3/c9-8(10)5-1-2-6-4-11-12-7(6)3-5/h1-3H,4H2,(H2,9,10). The molecule has 0 saturated carbocycles. The molecule has 1 aliphatic heterocycles. The summed E-state index contributed by atoms with van der Waals surface area (Å²) in [6.07, 6.45) is 0. The van der Waals surface area contributed by atoms with Gasteiger partial charge in [-0.05, 0) is 12.1 Å². The molecule has 0 radical (unpaired) electrons. The summed E-state index contributed by atoms with van der Waals surface area (Å²) in [5.41, 5.74) is 6.43. The molecule has 4 heteroatoms. The molecule has 0 aliphatic carbocycles. The Morgan fingerprint density at radius 1 is 1.50 bits per heavy atom. The van der Waals surface area contributed by atoms with Crippen molar-refractivity contribution in [3.05, 3.63) is 29.3 Å². The van der Waals surface area contributed by atoms with Gasteiger partial charge < -0.3 is 10.6 Å². The van der Waals surface area contributed by atoms with Crippen LogP contribution in [0.3, 0.4) is 0 Å². The van der Waals surface area contributed by atoms with Crippen LogP contribution in [0.1, 0.15) is 15.9 Å². The maximum atomic E-state index is 10.7. The van der Waals surface area contributed by atoms with Gasteiger partial charge in [0.05, 0.1) is 0 Å². The molecule has 0 atom stereocenters. The molecule has 0 spiro atoms. The van der Waals surface area contributed by atoms with E-state index in [9.17, 15) is 4.79 Å². The number of primary amides is 1. The minimum atomic E-state index is -0.465. The number of carbonyl (C=O) groups excluding carboxylic acids is 1. The first-order valence-electron chi connectivity index (χ1n) is 3.49. The summed E-state index contributed by atoms with van der Waals surface area (Å²) in [4.78, 5) is 20.2. The fraction of sp³-hybridized carbons (Fsp3) is 0.125. The summed E-state index contributed by atoms with van der Waals surface area (Å²) >= 11 is 0. The molecule has 1 aromatic rings. The molecule has 1 amide bonds. The Kier molecular flexibility index (Phi) is 1.48. The third kappa shape index (κ3) is 1.02. The molecule has 0 bridgehead atoms. The molecule has 62 valence electrons. The molecule has 12 heavy (non-hydrogen) atoms. The third-order valence-corrected chi connectivity index (χ3v) is 1.71. The predicted octanol–water partition coefficient (Wildman–Crippen LogP) is 0.610. The minimum Gasteiger partial charge on any atom is -0.366 e. The molecule has 1 aromatic carbocycles. The average Bonchev–Trinajstić information content (AvgIpc) is 2.49. The van der Waals surface area contributed by atoms with Crippen molar-refractivity contribution in [2.24, 2.45) is 5.73 Å². The summed E-state index contributed by atoms with van der Waals surface area (Å²) in [6, 6.07) is 4.99. The third-order valence-electron chi connectivity index (χ3n) is 1.71. The fourth-order valence-corrected chi connectivity index (χ4v) is 1.06. The van der Waals surface area contributed by atoms with Gasteiger partial charge in [0.25, 0.3) is 0 Å². The highest BCUT2D eigenvalue weighted by atomic mass is 17.2. The van der Waals surface area contributed by atoms with Crippen molar-refractivity contribution in [1.82, 2.24) is 0 Å². The van der Waals surface area contributed by atoms with Crippen LogP contribution in [-0.4, -0.2) is 5.91 Å². The predicted molar refractivity (Wildman–Crippen MR) is 40.4 cm³/mol. The Labute approximate surface area is 68.8 Å². The second-order valence-electron chi connectivity index (χ2n) is 2.53. The molecule has 0 aromatic heterocycles. The van der Waals surface area contributed by atoms with Crippen LogP contribution in [0.15, 0.2) is 18.2 Å². The Morgan fingerprint density at radius 3 is 3.08 bits per heavy atom. The van der Waals surface area contributed by atoms with Gasteiger partial charge in [-0.3, -0.25) is 4.79 Å². The highest BCUT2D eigenvalue weighted by molar-refractivity contribution is 5.93. The quantitative estimate of drug-likeness (QED) is 0.620. The summed E-state index contributed by atoms with van der Waals surface area (Å²) in [6.45, 7) is 0.425. The van der Waals surface area contributed by atoms with E-state index in [0.717, 1.165) is 5.56 Å². The van der Waals surface area contributed by atoms with E-state index in [1.54, 1.807) is 18.2 Å². The first kappa shape index (κ1) is 7.12. The Morgan fingerprint density at radius 2 is 2.33 bits per heavy atom. The minimum absolute atomic E-state index is 0.425. The molecule has 0 saturated heterocycles. The molecule has 0 fully saturated rings. The monoisotopic (exact) mass is 165 g/mol. The zero-order chi connectivity index (χ0) is 8.55. The maximum Gasteiger partial charge on any atom is 0.248 e. The van der Waals surface area contributed by atoms with Crippen molar-refractivity contribution in [3.63, 3.8) is 0 Å². The molecule has 0 unspecified atom stereocenters. The number of benzene rings is 1. The van der Waals surface area contributed by atoms with Gasteiger partial charge in [0.1, 0.15) is 6.61 Å². The van der Waals surface area contributed by atoms with Crippen LogP contribution in [0, 0.1) is 0 Å². The zero-order valence-corrected chi connectivity index (χ0v) is 6.24. The van der Waals surface area contributed by atoms with Crippen molar-refractivity contribution in [2.45, 2.75) is 6.61 Å². The molecule has 2 rings (SSSR count). The van der Waals surface area contributed by atoms with Crippen molar-refractivity contribution < 1.29 is 14.6 Å². The highest BCUT2D eigenvalue weighted by Crippen LogP contribution is 2.26. The Bertz CT molecular complexity index is 335. The van der Waals surface area contributed by atoms with Crippen LogP contribution < -0.4 is 10.6 Å². The van der Waals surface area contributed by atoms with Crippen molar-refractivity contribution in [3.8, 4) is 5.75 Å². The van der Waals surface area contributed by atoms with E-state index >= 15 is 0 Å². The van der Waals surface area contributed by atoms with Gasteiger partial charge in [-0.1, -0.05) is 6.07 Å². The van der Waals surface area contributed by atoms with E-state index in [1.807, 2.05) is 0 Å². The van der Waals surface area contributed by atoms with E-state index in [2.05, 4.69) is 0 Å².